The number of piperidine rings is 1. The fraction of sp³-hybridized carbons (Fsp3) is 0.143. The largest absolute Gasteiger partial charge is 0.505 e. The fourth-order valence-corrected chi connectivity index (χ4v) is 4.40. The molecule has 1 amide bonds. The number of anilines is 1. The number of fused-ring (bicyclic) bond motifs is 1. The summed E-state index contributed by atoms with van der Waals surface area (Å²) >= 11 is 6.07. The lowest BCUT2D eigenvalue weighted by Crippen LogP contribution is -2.34. The molecule has 3 aromatic carbocycles. The molecule has 0 atom stereocenters. The van der Waals surface area contributed by atoms with Gasteiger partial charge in [-0.1, -0.05) is 42.4 Å². The number of benzene rings is 3. The van der Waals surface area contributed by atoms with Gasteiger partial charge >= 0.3 is 0 Å². The number of ketones is 1. The molecule has 0 saturated carbocycles. The number of carbonyl (C=O) groups is 2. The van der Waals surface area contributed by atoms with Gasteiger partial charge in [0.15, 0.2) is 5.78 Å². The predicted molar refractivity (Wildman–Crippen MR) is 144 cm³/mol. The van der Waals surface area contributed by atoms with Gasteiger partial charge in [0.05, 0.1) is 12.0 Å². The van der Waals surface area contributed by atoms with E-state index in [4.69, 9.17) is 11.6 Å². The first-order valence-corrected chi connectivity index (χ1v) is 12.1. The van der Waals surface area contributed by atoms with Crippen molar-refractivity contribution in [2.75, 3.05) is 11.4 Å². The van der Waals surface area contributed by atoms with E-state index >= 15 is 0 Å². The third-order valence-corrected chi connectivity index (χ3v) is 6.41. The van der Waals surface area contributed by atoms with E-state index in [0.29, 0.717) is 40.5 Å². The molecule has 1 aromatic heterocycles. The van der Waals surface area contributed by atoms with Gasteiger partial charge < -0.3 is 15.3 Å². The van der Waals surface area contributed by atoms with Crippen LogP contribution in [0.3, 0.4) is 0 Å². The van der Waals surface area contributed by atoms with Crippen molar-refractivity contribution in [1.82, 2.24) is 20.3 Å². The van der Waals surface area contributed by atoms with Gasteiger partial charge in [0.25, 0.3) is 5.91 Å². The van der Waals surface area contributed by atoms with Crippen molar-refractivity contribution in [3.8, 4) is 11.4 Å². The summed E-state index contributed by atoms with van der Waals surface area (Å²) in [7, 11) is 0. The zero-order chi connectivity index (χ0) is 26.1. The van der Waals surface area contributed by atoms with E-state index in [-0.39, 0.29) is 23.5 Å². The Morgan fingerprint density at radius 1 is 1.11 bits per heavy atom. The van der Waals surface area contributed by atoms with Gasteiger partial charge in [0.1, 0.15) is 22.5 Å². The maximum Gasteiger partial charge on any atom is 0.259 e. The summed E-state index contributed by atoms with van der Waals surface area (Å²) in [6, 6.07) is 18.3. The molecule has 0 spiro atoms. The van der Waals surface area contributed by atoms with Gasteiger partial charge in [-0.05, 0) is 55.0 Å². The van der Waals surface area contributed by atoms with Crippen LogP contribution in [0, 0.1) is 0 Å². The van der Waals surface area contributed by atoms with E-state index in [9.17, 15) is 14.7 Å². The summed E-state index contributed by atoms with van der Waals surface area (Å²) in [5.41, 5.74) is 4.71. The van der Waals surface area contributed by atoms with Crippen molar-refractivity contribution in [3.63, 3.8) is 0 Å². The maximum atomic E-state index is 12.2. The number of phenols is 1. The summed E-state index contributed by atoms with van der Waals surface area (Å²) in [6.07, 6.45) is 1.70. The molecule has 5 rings (SSSR count). The molecule has 1 aliphatic heterocycles. The highest BCUT2D eigenvalue weighted by molar-refractivity contribution is 6.31. The molecule has 0 aliphatic carbocycles. The lowest BCUT2D eigenvalue weighted by atomic mass is 9.99. The topological polar surface area (TPSA) is 100 Å². The SMILES string of the molecule is C=C1CC(=O)/C(=C\c2ccc(N(CC)Cc3cccc(-n4nc5ccc(Cl)cc5n4)c3O)cc2)C(=O)N1. The lowest BCUT2D eigenvalue weighted by molar-refractivity contribution is -0.123. The Kier molecular flexibility index (Phi) is 6.50. The van der Waals surface area contributed by atoms with Crippen LogP contribution in [0.15, 0.2) is 78.5 Å². The van der Waals surface area contributed by atoms with Gasteiger partial charge in [-0.2, -0.15) is 0 Å². The van der Waals surface area contributed by atoms with Crippen molar-refractivity contribution >= 4 is 46.1 Å². The number of phenolic OH excluding ortho intramolecular Hbond substituents is 1. The van der Waals surface area contributed by atoms with Gasteiger partial charge in [0.2, 0.25) is 0 Å². The standard InChI is InChI=1S/C28H24ClN5O3/c1-3-33(21-10-7-18(8-11-21)14-22-26(35)13-17(2)30-28(22)37)16-19-5-4-6-25(27(19)36)34-31-23-12-9-20(29)15-24(23)32-34/h4-12,14-15,36H,2-3,13,16H2,1H3,(H,30,37)/b22-14+. The Labute approximate surface area is 218 Å². The number of halogens is 1. The number of Topliss-reactive ketones (excluding diaryl/α,β-unsaturated/α-hetero) is 1. The summed E-state index contributed by atoms with van der Waals surface area (Å²) in [5, 5.41) is 23.2. The van der Waals surface area contributed by atoms with Crippen molar-refractivity contribution in [1.29, 1.82) is 0 Å². The Morgan fingerprint density at radius 3 is 2.59 bits per heavy atom. The second-order valence-corrected chi connectivity index (χ2v) is 9.17. The van der Waals surface area contributed by atoms with E-state index in [1.807, 2.05) is 43.3 Å². The van der Waals surface area contributed by atoms with Gasteiger partial charge in [-0.25, -0.2) is 0 Å². The summed E-state index contributed by atoms with van der Waals surface area (Å²) in [5.74, 6) is -0.582. The van der Waals surface area contributed by atoms with Crippen LogP contribution in [0.2, 0.25) is 5.02 Å². The van der Waals surface area contributed by atoms with Gasteiger partial charge in [0, 0.05) is 35.1 Å². The zero-order valence-electron chi connectivity index (χ0n) is 20.1. The Bertz CT molecular complexity index is 1550. The number of para-hydroxylation sites is 1. The zero-order valence-corrected chi connectivity index (χ0v) is 20.9. The highest BCUT2D eigenvalue weighted by Crippen LogP contribution is 2.29. The molecular formula is C28H24ClN5O3. The van der Waals surface area contributed by atoms with Crippen molar-refractivity contribution in [2.24, 2.45) is 0 Å². The van der Waals surface area contributed by atoms with Crippen LogP contribution in [0.25, 0.3) is 22.8 Å². The molecule has 1 aliphatic rings. The highest BCUT2D eigenvalue weighted by Gasteiger charge is 2.25. The van der Waals surface area contributed by atoms with Gasteiger partial charge in [-0.15, -0.1) is 15.0 Å². The molecule has 8 nitrogen and oxygen atoms in total. The highest BCUT2D eigenvalue weighted by atomic mass is 35.5. The first-order valence-electron chi connectivity index (χ1n) is 11.7. The maximum absolute atomic E-state index is 12.2. The Morgan fingerprint density at radius 2 is 1.86 bits per heavy atom. The first-order chi connectivity index (χ1) is 17.8. The van der Waals surface area contributed by atoms with Crippen LogP contribution in [0.4, 0.5) is 5.69 Å². The average Bonchev–Trinajstić information content (AvgIpc) is 3.29. The quantitative estimate of drug-likeness (QED) is 0.284. The monoisotopic (exact) mass is 513 g/mol. The molecule has 1 fully saturated rings. The average molecular weight is 514 g/mol. The third-order valence-electron chi connectivity index (χ3n) is 6.18. The smallest absolute Gasteiger partial charge is 0.259 e. The number of amides is 1. The molecule has 9 heteroatoms. The normalized spacial score (nSPS) is 14.9. The number of hydrogen-bond donors (Lipinski definition) is 2. The summed E-state index contributed by atoms with van der Waals surface area (Å²) < 4.78 is 0. The Hall–Kier alpha value is -4.43. The van der Waals surface area contributed by atoms with Crippen LogP contribution < -0.4 is 10.2 Å². The number of allylic oxidation sites excluding steroid dienone is 1. The van der Waals surface area contributed by atoms with Crippen LogP contribution in [-0.4, -0.2) is 38.3 Å². The second kappa shape index (κ2) is 9.91. The molecule has 1 saturated heterocycles. The van der Waals surface area contributed by atoms with Crippen LogP contribution in [0.5, 0.6) is 5.75 Å². The van der Waals surface area contributed by atoms with E-state index in [1.54, 1.807) is 30.3 Å². The molecule has 0 radical (unpaired) electrons. The van der Waals surface area contributed by atoms with E-state index < -0.39 is 5.91 Å². The molecule has 0 bridgehead atoms. The molecular weight excluding hydrogens is 490 g/mol. The summed E-state index contributed by atoms with van der Waals surface area (Å²) in [6.45, 7) is 6.83. The van der Waals surface area contributed by atoms with E-state index in [0.717, 1.165) is 16.8 Å². The molecule has 4 aromatic rings. The van der Waals surface area contributed by atoms with Crippen molar-refractivity contribution < 1.29 is 14.7 Å². The van der Waals surface area contributed by atoms with Crippen molar-refractivity contribution in [2.45, 2.75) is 19.9 Å². The van der Waals surface area contributed by atoms with Crippen molar-refractivity contribution in [3.05, 3.63) is 94.7 Å². The minimum Gasteiger partial charge on any atom is -0.505 e. The lowest BCUT2D eigenvalue weighted by Gasteiger charge is -2.24. The number of nitrogens with zero attached hydrogens (tertiary/aromatic N) is 4. The number of carbonyl (C=O) groups excluding carboxylic acids is 2. The fourth-order valence-electron chi connectivity index (χ4n) is 4.24. The number of hydrogen-bond acceptors (Lipinski definition) is 6. The van der Waals surface area contributed by atoms with Crippen LogP contribution >= 0.6 is 11.6 Å². The number of rotatable bonds is 6. The van der Waals surface area contributed by atoms with E-state index in [1.165, 1.54) is 4.80 Å². The Balaban J connectivity index is 1.38. The number of aromatic hydroxyl groups is 1. The van der Waals surface area contributed by atoms with E-state index in [2.05, 4.69) is 27.0 Å². The number of nitrogens with one attached hydrogen (secondary N) is 1. The van der Waals surface area contributed by atoms with Gasteiger partial charge in [-0.3, -0.25) is 9.59 Å². The number of aromatic nitrogens is 3. The third kappa shape index (κ3) is 4.96. The molecule has 37 heavy (non-hydrogen) atoms. The molecule has 2 heterocycles. The second-order valence-electron chi connectivity index (χ2n) is 8.73. The molecule has 186 valence electrons. The summed E-state index contributed by atoms with van der Waals surface area (Å²) in [4.78, 5) is 27.9. The molecule has 0 unspecified atom stereocenters. The first kappa shape index (κ1) is 24.3. The predicted octanol–water partition coefficient (Wildman–Crippen LogP) is 4.79. The minimum atomic E-state index is -0.432. The molecule has 2 N–H and O–H groups in total. The van der Waals surface area contributed by atoms with Crippen LogP contribution in [-0.2, 0) is 16.1 Å². The minimum absolute atomic E-state index is 0.0946. The van der Waals surface area contributed by atoms with Crippen LogP contribution in [0.1, 0.15) is 24.5 Å².